The van der Waals surface area contributed by atoms with E-state index < -0.39 is 5.41 Å². The lowest BCUT2D eigenvalue weighted by atomic mass is 9.68. The van der Waals surface area contributed by atoms with Gasteiger partial charge in [-0.25, -0.2) is 0 Å². The van der Waals surface area contributed by atoms with Crippen LogP contribution in [0.3, 0.4) is 0 Å². The highest BCUT2D eigenvalue weighted by molar-refractivity contribution is 5.53. The second kappa shape index (κ2) is 5.41. The molecule has 3 nitrogen and oxygen atoms in total. The minimum absolute atomic E-state index is 0.000880. The summed E-state index contributed by atoms with van der Waals surface area (Å²) in [5.74, 6) is 0.509. The predicted octanol–water partition coefficient (Wildman–Crippen LogP) is 3.58. The number of para-hydroxylation sites is 2. The molecule has 1 aliphatic rings. The highest BCUT2D eigenvalue weighted by Crippen LogP contribution is 2.50. The van der Waals surface area contributed by atoms with Crippen LogP contribution in [0.25, 0.3) is 0 Å². The zero-order valence-electron chi connectivity index (χ0n) is 12.1. The highest BCUT2D eigenvalue weighted by atomic mass is 16.6. The van der Waals surface area contributed by atoms with Crippen molar-refractivity contribution in [2.75, 3.05) is 6.61 Å². The molecule has 1 unspecified atom stereocenters. The van der Waals surface area contributed by atoms with Crippen LogP contribution in [0, 0.1) is 0 Å². The Morgan fingerprint density at radius 1 is 1.00 bits per heavy atom. The van der Waals surface area contributed by atoms with Crippen LogP contribution in [-0.2, 0) is 10.2 Å². The third-order valence-corrected chi connectivity index (χ3v) is 4.30. The van der Waals surface area contributed by atoms with Crippen LogP contribution in [0.4, 0.5) is 0 Å². The van der Waals surface area contributed by atoms with E-state index in [9.17, 15) is 10.2 Å². The summed E-state index contributed by atoms with van der Waals surface area (Å²) in [6.07, 6.45) is 1.74. The number of aromatic hydroxyl groups is 2. The quantitative estimate of drug-likeness (QED) is 0.825. The molecule has 1 heterocycles. The molecule has 2 aromatic carbocycles. The summed E-state index contributed by atoms with van der Waals surface area (Å²) in [5, 5.41) is 20.7. The molecular formula is C18H20O3. The van der Waals surface area contributed by atoms with Crippen LogP contribution < -0.4 is 0 Å². The summed E-state index contributed by atoms with van der Waals surface area (Å²) in [6.45, 7) is 2.76. The molecule has 0 aromatic heterocycles. The van der Waals surface area contributed by atoms with Crippen molar-refractivity contribution >= 4 is 0 Å². The third-order valence-electron chi connectivity index (χ3n) is 4.30. The number of phenolic OH excluding ortho intramolecular Hbond substituents is 2. The number of phenols is 2. The maximum atomic E-state index is 10.4. The Labute approximate surface area is 124 Å². The fraction of sp³-hybridized carbons (Fsp3) is 0.333. The monoisotopic (exact) mass is 284 g/mol. The predicted molar refractivity (Wildman–Crippen MR) is 81.6 cm³/mol. The minimum Gasteiger partial charge on any atom is -0.508 e. The largest absolute Gasteiger partial charge is 0.508 e. The van der Waals surface area contributed by atoms with Crippen molar-refractivity contribution in [1.82, 2.24) is 0 Å². The second-order valence-corrected chi connectivity index (χ2v) is 5.58. The van der Waals surface area contributed by atoms with Gasteiger partial charge in [-0.05, 0) is 18.6 Å². The van der Waals surface area contributed by atoms with Gasteiger partial charge in [-0.1, -0.05) is 49.7 Å². The van der Waals surface area contributed by atoms with E-state index >= 15 is 0 Å². The van der Waals surface area contributed by atoms with Crippen molar-refractivity contribution < 1.29 is 14.9 Å². The Balaban J connectivity index is 2.25. The summed E-state index contributed by atoms with van der Waals surface area (Å²) in [5.41, 5.74) is 1.16. The Kier molecular flexibility index (Phi) is 3.60. The Bertz CT molecular complexity index is 586. The summed E-state index contributed by atoms with van der Waals surface area (Å²) in [4.78, 5) is 0. The average molecular weight is 284 g/mol. The van der Waals surface area contributed by atoms with Crippen molar-refractivity contribution in [2.24, 2.45) is 0 Å². The zero-order valence-corrected chi connectivity index (χ0v) is 12.1. The third kappa shape index (κ3) is 2.28. The van der Waals surface area contributed by atoms with Crippen LogP contribution in [0.5, 0.6) is 11.5 Å². The van der Waals surface area contributed by atoms with Crippen molar-refractivity contribution in [2.45, 2.75) is 31.3 Å². The smallest absolute Gasteiger partial charge is 0.119 e. The molecule has 3 rings (SSSR count). The molecule has 0 saturated carbocycles. The molecule has 1 atom stereocenters. The van der Waals surface area contributed by atoms with Crippen LogP contribution >= 0.6 is 0 Å². The van der Waals surface area contributed by atoms with Gasteiger partial charge in [0, 0.05) is 11.1 Å². The summed E-state index contributed by atoms with van der Waals surface area (Å²) < 4.78 is 5.62. The van der Waals surface area contributed by atoms with Crippen LogP contribution in [0.1, 0.15) is 30.9 Å². The topological polar surface area (TPSA) is 53.0 Å². The number of rotatable bonds is 5. The first-order valence-corrected chi connectivity index (χ1v) is 7.38. The van der Waals surface area contributed by atoms with E-state index in [2.05, 4.69) is 6.92 Å². The Hall–Kier alpha value is -2.00. The molecule has 0 bridgehead atoms. The van der Waals surface area contributed by atoms with E-state index in [1.165, 1.54) is 0 Å². The molecule has 110 valence electrons. The van der Waals surface area contributed by atoms with E-state index in [4.69, 9.17) is 4.74 Å². The molecule has 0 spiro atoms. The molecule has 1 aliphatic heterocycles. The fourth-order valence-corrected chi connectivity index (χ4v) is 3.35. The number of hydrogen-bond acceptors (Lipinski definition) is 3. The summed E-state index contributed by atoms with van der Waals surface area (Å²) in [6, 6.07) is 14.7. The van der Waals surface area contributed by atoms with E-state index in [0.29, 0.717) is 6.61 Å². The Morgan fingerprint density at radius 3 is 1.86 bits per heavy atom. The standard InChI is InChI=1S/C18H20O3/c1-2-11-18(17-12-21-17,13-7-3-5-9-15(13)19)14-8-4-6-10-16(14)20/h3-10,17,19-20H,2,11-12H2,1H3. The van der Waals surface area contributed by atoms with E-state index in [1.807, 2.05) is 36.4 Å². The Morgan fingerprint density at radius 2 is 1.48 bits per heavy atom. The van der Waals surface area contributed by atoms with E-state index in [1.54, 1.807) is 12.1 Å². The van der Waals surface area contributed by atoms with Crippen LogP contribution in [0.2, 0.25) is 0 Å². The minimum atomic E-state index is -0.495. The van der Waals surface area contributed by atoms with Gasteiger partial charge >= 0.3 is 0 Å². The molecule has 3 heteroatoms. The molecule has 0 aliphatic carbocycles. The van der Waals surface area contributed by atoms with Gasteiger partial charge in [-0.15, -0.1) is 0 Å². The maximum Gasteiger partial charge on any atom is 0.119 e. The number of ether oxygens (including phenoxy) is 1. The molecule has 2 N–H and O–H groups in total. The highest BCUT2D eigenvalue weighted by Gasteiger charge is 2.51. The molecule has 0 amide bonds. The lowest BCUT2D eigenvalue weighted by Crippen LogP contribution is -2.34. The number of benzene rings is 2. The first-order chi connectivity index (χ1) is 10.2. The lowest BCUT2D eigenvalue weighted by Gasteiger charge is -2.34. The van der Waals surface area contributed by atoms with Gasteiger partial charge in [-0.3, -0.25) is 0 Å². The average Bonchev–Trinajstić information content (AvgIpc) is 3.31. The molecule has 21 heavy (non-hydrogen) atoms. The first-order valence-electron chi connectivity index (χ1n) is 7.38. The summed E-state index contributed by atoms with van der Waals surface area (Å²) in [7, 11) is 0. The molecular weight excluding hydrogens is 264 g/mol. The molecule has 1 saturated heterocycles. The summed E-state index contributed by atoms with van der Waals surface area (Å²) >= 11 is 0. The second-order valence-electron chi connectivity index (χ2n) is 5.58. The van der Waals surface area contributed by atoms with Gasteiger partial charge in [0.15, 0.2) is 0 Å². The van der Waals surface area contributed by atoms with Crippen molar-refractivity contribution in [3.63, 3.8) is 0 Å². The van der Waals surface area contributed by atoms with Gasteiger partial charge < -0.3 is 14.9 Å². The van der Waals surface area contributed by atoms with Gasteiger partial charge in [-0.2, -0.15) is 0 Å². The lowest BCUT2D eigenvalue weighted by molar-refractivity contribution is 0.290. The van der Waals surface area contributed by atoms with Gasteiger partial charge in [0.05, 0.1) is 18.1 Å². The van der Waals surface area contributed by atoms with Gasteiger partial charge in [0.2, 0.25) is 0 Å². The van der Waals surface area contributed by atoms with Gasteiger partial charge in [0.25, 0.3) is 0 Å². The van der Waals surface area contributed by atoms with Crippen LogP contribution in [-0.4, -0.2) is 22.9 Å². The van der Waals surface area contributed by atoms with Crippen molar-refractivity contribution in [3.8, 4) is 11.5 Å². The number of hydrogen-bond donors (Lipinski definition) is 2. The fourth-order valence-electron chi connectivity index (χ4n) is 3.35. The SMILES string of the molecule is CCCC(c1ccccc1O)(c1ccccc1O)C1CO1. The molecule has 2 aromatic rings. The van der Waals surface area contributed by atoms with E-state index in [-0.39, 0.29) is 17.6 Å². The maximum absolute atomic E-state index is 10.4. The zero-order chi connectivity index (χ0) is 14.9. The van der Waals surface area contributed by atoms with Crippen molar-refractivity contribution in [1.29, 1.82) is 0 Å². The van der Waals surface area contributed by atoms with E-state index in [0.717, 1.165) is 24.0 Å². The van der Waals surface area contributed by atoms with Crippen molar-refractivity contribution in [3.05, 3.63) is 59.7 Å². The van der Waals surface area contributed by atoms with Gasteiger partial charge in [0.1, 0.15) is 11.5 Å². The first kappa shape index (κ1) is 14.0. The molecule has 0 radical (unpaired) electrons. The molecule has 1 fully saturated rings. The normalized spacial score (nSPS) is 17.7. The van der Waals surface area contributed by atoms with Crippen LogP contribution in [0.15, 0.2) is 48.5 Å². The number of epoxide rings is 1.